The third kappa shape index (κ3) is 4.16. The fraction of sp³-hybridized carbons (Fsp3) is 0.391. The Bertz CT molecular complexity index is 936. The Morgan fingerprint density at radius 3 is 2.45 bits per heavy atom. The van der Waals surface area contributed by atoms with Crippen LogP contribution in [-0.4, -0.2) is 10.1 Å². The van der Waals surface area contributed by atoms with Crippen LogP contribution >= 0.6 is 12.4 Å². The number of ether oxygens (including phenoxy) is 1. The quantitative estimate of drug-likeness (QED) is 0.612. The van der Waals surface area contributed by atoms with Crippen molar-refractivity contribution < 1.29 is 9.26 Å². The number of hydrogen-bond donors (Lipinski definition) is 1. The molecule has 0 amide bonds. The van der Waals surface area contributed by atoms with E-state index in [1.807, 2.05) is 30.3 Å². The van der Waals surface area contributed by atoms with Gasteiger partial charge in [-0.3, -0.25) is 0 Å². The van der Waals surface area contributed by atoms with Crippen LogP contribution in [0.15, 0.2) is 59.1 Å². The third-order valence-corrected chi connectivity index (χ3v) is 6.05. The highest BCUT2D eigenvalue weighted by Gasteiger charge is 2.45. The lowest BCUT2D eigenvalue weighted by Crippen LogP contribution is -2.34. The number of nitrogens with two attached hydrogens (primary N) is 1. The van der Waals surface area contributed by atoms with Crippen molar-refractivity contribution in [2.24, 2.45) is 5.73 Å². The zero-order valence-electron chi connectivity index (χ0n) is 16.3. The smallest absolute Gasteiger partial charge is 0.230 e. The summed E-state index contributed by atoms with van der Waals surface area (Å²) in [5.74, 6) is 3.06. The molecule has 0 aliphatic heterocycles. The van der Waals surface area contributed by atoms with Crippen LogP contribution in [0, 0.1) is 0 Å². The van der Waals surface area contributed by atoms with Crippen molar-refractivity contribution in [2.45, 2.75) is 56.1 Å². The topological polar surface area (TPSA) is 74.2 Å². The molecule has 29 heavy (non-hydrogen) atoms. The molecule has 2 atom stereocenters. The van der Waals surface area contributed by atoms with Crippen molar-refractivity contribution in [3.05, 3.63) is 77.4 Å². The lowest BCUT2D eigenvalue weighted by molar-refractivity contribution is 0.306. The van der Waals surface area contributed by atoms with Crippen molar-refractivity contribution in [2.75, 3.05) is 0 Å². The lowest BCUT2D eigenvalue weighted by Gasteiger charge is -2.17. The molecule has 0 saturated heterocycles. The highest BCUT2D eigenvalue weighted by Crippen LogP contribution is 2.54. The highest BCUT2D eigenvalue weighted by atomic mass is 35.5. The Labute approximate surface area is 177 Å². The predicted octanol–water partition coefficient (Wildman–Crippen LogP) is 5.07. The predicted molar refractivity (Wildman–Crippen MR) is 113 cm³/mol. The van der Waals surface area contributed by atoms with Crippen LogP contribution in [0.4, 0.5) is 0 Å². The number of nitrogens with zero attached hydrogens (tertiary/aromatic N) is 2. The van der Waals surface area contributed by atoms with Gasteiger partial charge in [-0.2, -0.15) is 4.98 Å². The van der Waals surface area contributed by atoms with E-state index in [0.29, 0.717) is 24.3 Å². The Hall–Kier alpha value is -2.37. The second-order valence-electron chi connectivity index (χ2n) is 8.11. The summed E-state index contributed by atoms with van der Waals surface area (Å²) in [6.07, 6.45) is 5.23. The van der Waals surface area contributed by atoms with Gasteiger partial charge in [-0.1, -0.05) is 60.5 Å². The summed E-state index contributed by atoms with van der Waals surface area (Å²) in [6, 6.07) is 18.6. The summed E-state index contributed by atoms with van der Waals surface area (Å²) < 4.78 is 11.4. The zero-order valence-corrected chi connectivity index (χ0v) is 17.1. The molecule has 2 fully saturated rings. The summed E-state index contributed by atoms with van der Waals surface area (Å²) in [5.41, 5.74) is 8.52. The van der Waals surface area contributed by atoms with Crippen LogP contribution in [0.3, 0.4) is 0 Å². The standard InChI is InChI=1S/C23H25N3O2.ClH/c24-23(12-4-5-13-23)22-25-21(28-26-22)20-14-19(20)17-8-10-18(11-9-17)27-15-16-6-2-1-3-7-16;/h1-3,6-11,19-20H,4-5,12-15,24H2;1H. The Balaban J connectivity index is 0.00000205. The van der Waals surface area contributed by atoms with Crippen LogP contribution in [-0.2, 0) is 12.1 Å². The number of benzene rings is 2. The van der Waals surface area contributed by atoms with E-state index < -0.39 is 0 Å². The number of aromatic nitrogens is 2. The van der Waals surface area contributed by atoms with Gasteiger partial charge < -0.3 is 15.0 Å². The fourth-order valence-electron chi connectivity index (χ4n) is 4.21. The zero-order chi connectivity index (χ0) is 19.0. The van der Waals surface area contributed by atoms with Gasteiger partial charge in [0.05, 0.1) is 5.54 Å². The van der Waals surface area contributed by atoms with Gasteiger partial charge in [-0.05, 0) is 48.4 Å². The Morgan fingerprint density at radius 1 is 1.00 bits per heavy atom. The minimum Gasteiger partial charge on any atom is -0.489 e. The molecule has 2 aromatic carbocycles. The van der Waals surface area contributed by atoms with Crippen molar-refractivity contribution in [1.82, 2.24) is 10.1 Å². The number of halogens is 1. The van der Waals surface area contributed by atoms with Crippen molar-refractivity contribution in [3.63, 3.8) is 0 Å². The van der Waals surface area contributed by atoms with Gasteiger partial charge in [0, 0.05) is 5.92 Å². The normalized spacial score (nSPS) is 22.1. The van der Waals surface area contributed by atoms with Crippen LogP contribution in [0.25, 0.3) is 0 Å². The molecule has 5 rings (SSSR count). The minimum atomic E-state index is -0.385. The van der Waals surface area contributed by atoms with E-state index in [2.05, 4.69) is 34.4 Å². The first kappa shape index (κ1) is 19.9. The second-order valence-corrected chi connectivity index (χ2v) is 8.11. The molecule has 1 aromatic heterocycles. The van der Waals surface area contributed by atoms with Crippen molar-refractivity contribution in [1.29, 1.82) is 0 Å². The summed E-state index contributed by atoms with van der Waals surface area (Å²) in [4.78, 5) is 4.65. The van der Waals surface area contributed by atoms with Crippen LogP contribution in [0.1, 0.15) is 66.8 Å². The molecule has 0 radical (unpaired) electrons. The SMILES string of the molecule is Cl.NC1(c2noc(C3CC3c3ccc(OCc4ccccc4)cc3)n2)CCCC1. The van der Waals surface area contributed by atoms with Gasteiger partial charge >= 0.3 is 0 Å². The van der Waals surface area contributed by atoms with Crippen molar-refractivity contribution in [3.8, 4) is 5.75 Å². The molecule has 2 unspecified atom stereocenters. The van der Waals surface area contributed by atoms with Crippen LogP contribution in [0.5, 0.6) is 5.75 Å². The van der Waals surface area contributed by atoms with Crippen LogP contribution < -0.4 is 10.5 Å². The largest absolute Gasteiger partial charge is 0.489 e. The second kappa shape index (κ2) is 8.17. The van der Waals surface area contributed by atoms with E-state index >= 15 is 0 Å². The number of hydrogen-bond acceptors (Lipinski definition) is 5. The van der Waals surface area contributed by atoms with Crippen molar-refractivity contribution >= 4 is 12.4 Å². The highest BCUT2D eigenvalue weighted by molar-refractivity contribution is 5.85. The summed E-state index contributed by atoms with van der Waals surface area (Å²) in [5, 5.41) is 4.20. The average molecular weight is 412 g/mol. The molecule has 6 heteroatoms. The van der Waals surface area contributed by atoms with Gasteiger partial charge in [-0.15, -0.1) is 12.4 Å². The summed E-state index contributed by atoms with van der Waals surface area (Å²) in [7, 11) is 0. The first-order valence-corrected chi connectivity index (χ1v) is 10.1. The third-order valence-electron chi connectivity index (χ3n) is 6.05. The number of rotatable bonds is 6. The monoisotopic (exact) mass is 411 g/mol. The van der Waals surface area contributed by atoms with E-state index in [-0.39, 0.29) is 17.9 Å². The van der Waals surface area contributed by atoms with Gasteiger partial charge in [0.2, 0.25) is 5.89 Å². The van der Waals surface area contributed by atoms with E-state index in [0.717, 1.165) is 43.7 Å². The molecule has 0 spiro atoms. The molecule has 2 aliphatic carbocycles. The molecule has 2 N–H and O–H groups in total. The summed E-state index contributed by atoms with van der Waals surface area (Å²) >= 11 is 0. The Morgan fingerprint density at radius 2 is 1.72 bits per heavy atom. The molecule has 5 nitrogen and oxygen atoms in total. The average Bonchev–Trinajstić information content (AvgIpc) is 3.14. The van der Waals surface area contributed by atoms with E-state index in [1.54, 1.807) is 0 Å². The van der Waals surface area contributed by atoms with Gasteiger partial charge in [0.25, 0.3) is 0 Å². The maximum atomic E-state index is 6.45. The molecule has 2 aliphatic rings. The first-order valence-electron chi connectivity index (χ1n) is 10.1. The minimum absolute atomic E-state index is 0. The van der Waals surface area contributed by atoms with Crippen LogP contribution in [0.2, 0.25) is 0 Å². The lowest BCUT2D eigenvalue weighted by atomic mass is 9.99. The maximum Gasteiger partial charge on any atom is 0.230 e. The van der Waals surface area contributed by atoms with E-state index in [4.69, 9.17) is 15.0 Å². The maximum absolute atomic E-state index is 6.45. The van der Waals surface area contributed by atoms with E-state index in [1.165, 1.54) is 11.1 Å². The molecule has 1 heterocycles. The van der Waals surface area contributed by atoms with Gasteiger partial charge in [0.15, 0.2) is 5.82 Å². The molecular weight excluding hydrogens is 386 g/mol. The molecule has 3 aromatic rings. The van der Waals surface area contributed by atoms with Gasteiger partial charge in [-0.25, -0.2) is 0 Å². The molecular formula is C23H26ClN3O2. The molecule has 152 valence electrons. The Kier molecular flexibility index (Phi) is 5.61. The first-order chi connectivity index (χ1) is 13.7. The summed E-state index contributed by atoms with van der Waals surface area (Å²) in [6.45, 7) is 0.581. The fourth-order valence-corrected chi connectivity index (χ4v) is 4.21. The van der Waals surface area contributed by atoms with Gasteiger partial charge in [0.1, 0.15) is 12.4 Å². The van der Waals surface area contributed by atoms with E-state index in [9.17, 15) is 0 Å². The molecule has 0 bridgehead atoms. The molecule has 2 saturated carbocycles.